The van der Waals surface area contributed by atoms with Crippen molar-refractivity contribution in [1.29, 1.82) is 0 Å². The van der Waals surface area contributed by atoms with Gasteiger partial charge in [0.15, 0.2) is 18.1 Å². The van der Waals surface area contributed by atoms with Gasteiger partial charge in [-0.1, -0.05) is 41.4 Å². The normalized spacial score (nSPS) is 10.3. The zero-order valence-electron chi connectivity index (χ0n) is 9.70. The molecule has 0 amide bonds. The van der Waals surface area contributed by atoms with Crippen molar-refractivity contribution in [2.24, 2.45) is 0 Å². The standard InChI is InChI=1S/C14H9Cl2FO2/c15-11-5-2-6-12(16)14(11)19-8-13(18)9-3-1-4-10(17)7-9/h1-7H,8H2. The monoisotopic (exact) mass is 298 g/mol. The number of rotatable bonds is 4. The summed E-state index contributed by atoms with van der Waals surface area (Å²) in [6.45, 7) is -0.257. The van der Waals surface area contributed by atoms with E-state index in [1.54, 1.807) is 18.2 Å². The first-order valence-corrected chi connectivity index (χ1v) is 6.19. The molecule has 2 rings (SSSR count). The van der Waals surface area contributed by atoms with E-state index in [4.69, 9.17) is 27.9 Å². The molecule has 5 heteroatoms. The van der Waals surface area contributed by atoms with Crippen LogP contribution < -0.4 is 4.74 Å². The van der Waals surface area contributed by atoms with E-state index in [0.29, 0.717) is 10.0 Å². The first-order valence-electron chi connectivity index (χ1n) is 5.43. The summed E-state index contributed by atoms with van der Waals surface area (Å²) in [6.07, 6.45) is 0. The topological polar surface area (TPSA) is 26.3 Å². The van der Waals surface area contributed by atoms with Gasteiger partial charge in [0.1, 0.15) is 5.82 Å². The first-order chi connectivity index (χ1) is 9.08. The number of ether oxygens (including phenoxy) is 1. The van der Waals surface area contributed by atoms with Crippen LogP contribution in [-0.4, -0.2) is 12.4 Å². The second-order valence-corrected chi connectivity index (χ2v) is 4.59. The molecule has 0 spiro atoms. The molecule has 2 aromatic carbocycles. The first kappa shape index (κ1) is 13.8. The zero-order valence-corrected chi connectivity index (χ0v) is 11.2. The van der Waals surface area contributed by atoms with Crippen molar-refractivity contribution in [3.8, 4) is 5.75 Å². The summed E-state index contributed by atoms with van der Waals surface area (Å²) in [4.78, 5) is 11.8. The molecule has 19 heavy (non-hydrogen) atoms. The summed E-state index contributed by atoms with van der Waals surface area (Å²) in [5.41, 5.74) is 0.239. The van der Waals surface area contributed by atoms with Crippen molar-refractivity contribution in [3.05, 3.63) is 63.9 Å². The molecule has 0 saturated heterocycles. The van der Waals surface area contributed by atoms with Crippen molar-refractivity contribution in [2.45, 2.75) is 0 Å². The van der Waals surface area contributed by atoms with Crippen LogP contribution in [-0.2, 0) is 0 Å². The van der Waals surface area contributed by atoms with E-state index in [-0.39, 0.29) is 23.7 Å². The Morgan fingerprint density at radius 2 is 1.74 bits per heavy atom. The van der Waals surface area contributed by atoms with Crippen LogP contribution in [0.5, 0.6) is 5.75 Å². The Bertz CT molecular complexity index is 594. The van der Waals surface area contributed by atoms with Crippen LogP contribution in [0.1, 0.15) is 10.4 Å². The third kappa shape index (κ3) is 3.46. The molecule has 0 aliphatic carbocycles. The highest BCUT2D eigenvalue weighted by Gasteiger charge is 2.11. The lowest BCUT2D eigenvalue weighted by Crippen LogP contribution is -2.12. The second-order valence-electron chi connectivity index (χ2n) is 3.77. The Hall–Kier alpha value is -1.58. The Kier molecular flexibility index (Phi) is 4.40. The van der Waals surface area contributed by atoms with Gasteiger partial charge >= 0.3 is 0 Å². The lowest BCUT2D eigenvalue weighted by Gasteiger charge is -2.09. The number of para-hydroxylation sites is 1. The highest BCUT2D eigenvalue weighted by molar-refractivity contribution is 6.37. The highest BCUT2D eigenvalue weighted by atomic mass is 35.5. The second kappa shape index (κ2) is 6.04. The number of carbonyl (C=O) groups excluding carboxylic acids is 1. The van der Waals surface area contributed by atoms with Crippen LogP contribution in [0.15, 0.2) is 42.5 Å². The van der Waals surface area contributed by atoms with Crippen molar-refractivity contribution in [3.63, 3.8) is 0 Å². The molecular weight excluding hydrogens is 290 g/mol. The minimum Gasteiger partial charge on any atom is -0.482 e. The molecule has 0 unspecified atom stereocenters. The summed E-state index contributed by atoms with van der Waals surface area (Å²) in [6, 6.07) is 10.3. The molecule has 0 heterocycles. The van der Waals surface area contributed by atoms with Crippen molar-refractivity contribution < 1.29 is 13.9 Å². The van der Waals surface area contributed by atoms with E-state index in [2.05, 4.69) is 0 Å². The molecule has 98 valence electrons. The number of hydrogen-bond donors (Lipinski definition) is 0. The molecule has 0 saturated carbocycles. The van der Waals surface area contributed by atoms with Crippen LogP contribution in [0.4, 0.5) is 4.39 Å². The third-order valence-electron chi connectivity index (χ3n) is 2.41. The summed E-state index contributed by atoms with van der Waals surface area (Å²) in [7, 11) is 0. The van der Waals surface area contributed by atoms with E-state index in [0.717, 1.165) is 6.07 Å². The number of ketones is 1. The molecule has 0 aliphatic heterocycles. The van der Waals surface area contributed by atoms with Crippen LogP contribution in [0, 0.1) is 5.82 Å². The largest absolute Gasteiger partial charge is 0.482 e. The zero-order chi connectivity index (χ0) is 13.8. The molecule has 0 N–H and O–H groups in total. The summed E-state index contributed by atoms with van der Waals surface area (Å²) in [5, 5.41) is 0.638. The van der Waals surface area contributed by atoms with E-state index in [1.807, 2.05) is 0 Å². The predicted molar refractivity (Wildman–Crippen MR) is 72.7 cm³/mol. The number of Topliss-reactive ketones (excluding diaryl/α,β-unsaturated/α-hetero) is 1. The molecular formula is C14H9Cl2FO2. The lowest BCUT2D eigenvalue weighted by atomic mass is 10.1. The Morgan fingerprint density at radius 3 is 2.37 bits per heavy atom. The van der Waals surface area contributed by atoms with Crippen molar-refractivity contribution in [2.75, 3.05) is 6.61 Å². The van der Waals surface area contributed by atoms with Gasteiger partial charge < -0.3 is 4.74 Å². The Morgan fingerprint density at radius 1 is 1.11 bits per heavy atom. The van der Waals surface area contributed by atoms with Gasteiger partial charge in [-0.2, -0.15) is 0 Å². The van der Waals surface area contributed by atoms with E-state index in [9.17, 15) is 9.18 Å². The van der Waals surface area contributed by atoms with Crippen LogP contribution in [0.2, 0.25) is 10.0 Å². The average Bonchev–Trinajstić information content (AvgIpc) is 2.38. The number of hydrogen-bond acceptors (Lipinski definition) is 2. The summed E-state index contributed by atoms with van der Waals surface area (Å²) < 4.78 is 18.3. The fraction of sp³-hybridized carbons (Fsp3) is 0.0714. The highest BCUT2D eigenvalue weighted by Crippen LogP contribution is 2.32. The van der Waals surface area contributed by atoms with E-state index < -0.39 is 5.82 Å². The Balaban J connectivity index is 2.09. The predicted octanol–water partition coefficient (Wildman–Crippen LogP) is 4.39. The van der Waals surface area contributed by atoms with Crippen LogP contribution >= 0.6 is 23.2 Å². The summed E-state index contributed by atoms with van der Waals surface area (Å²) in [5.74, 6) is -0.576. The molecule has 0 fully saturated rings. The van der Waals surface area contributed by atoms with Gasteiger partial charge in [-0.05, 0) is 24.3 Å². The molecule has 2 nitrogen and oxygen atoms in total. The van der Waals surface area contributed by atoms with Gasteiger partial charge in [0, 0.05) is 5.56 Å². The number of halogens is 3. The van der Waals surface area contributed by atoms with E-state index >= 15 is 0 Å². The molecule has 0 aliphatic rings. The fourth-order valence-corrected chi connectivity index (χ4v) is 2.01. The minimum atomic E-state index is -0.471. The van der Waals surface area contributed by atoms with Crippen LogP contribution in [0.25, 0.3) is 0 Å². The molecule has 0 radical (unpaired) electrons. The number of benzene rings is 2. The maximum absolute atomic E-state index is 13.0. The molecule has 0 aromatic heterocycles. The molecule has 0 bridgehead atoms. The van der Waals surface area contributed by atoms with E-state index in [1.165, 1.54) is 18.2 Å². The fourth-order valence-electron chi connectivity index (χ4n) is 1.50. The third-order valence-corrected chi connectivity index (χ3v) is 3.01. The molecule has 0 atom stereocenters. The Labute approximate surface area is 119 Å². The quantitative estimate of drug-likeness (QED) is 0.782. The van der Waals surface area contributed by atoms with Gasteiger partial charge in [-0.3, -0.25) is 4.79 Å². The van der Waals surface area contributed by atoms with Crippen molar-refractivity contribution in [1.82, 2.24) is 0 Å². The van der Waals surface area contributed by atoms with Gasteiger partial charge in [-0.25, -0.2) is 4.39 Å². The maximum Gasteiger partial charge on any atom is 0.200 e. The smallest absolute Gasteiger partial charge is 0.200 e. The SMILES string of the molecule is O=C(COc1c(Cl)cccc1Cl)c1cccc(F)c1. The van der Waals surface area contributed by atoms with Gasteiger partial charge in [0.05, 0.1) is 10.0 Å². The van der Waals surface area contributed by atoms with Gasteiger partial charge in [0.25, 0.3) is 0 Å². The van der Waals surface area contributed by atoms with Gasteiger partial charge in [0.2, 0.25) is 0 Å². The maximum atomic E-state index is 13.0. The minimum absolute atomic E-state index is 0.239. The summed E-state index contributed by atoms with van der Waals surface area (Å²) >= 11 is 11.8. The lowest BCUT2D eigenvalue weighted by molar-refractivity contribution is 0.0921. The van der Waals surface area contributed by atoms with Crippen LogP contribution in [0.3, 0.4) is 0 Å². The average molecular weight is 299 g/mol. The number of carbonyl (C=O) groups is 1. The van der Waals surface area contributed by atoms with Gasteiger partial charge in [-0.15, -0.1) is 0 Å². The molecule has 2 aromatic rings. The van der Waals surface area contributed by atoms with Crippen molar-refractivity contribution >= 4 is 29.0 Å².